The molecule has 0 fully saturated rings. The van der Waals surface area contributed by atoms with Crippen molar-refractivity contribution >= 4 is 11.6 Å². The molecule has 0 spiro atoms. The second-order valence-corrected chi connectivity index (χ2v) is 5.56. The summed E-state index contributed by atoms with van der Waals surface area (Å²) in [5.41, 5.74) is 4.76. The Morgan fingerprint density at radius 2 is 2.29 bits per heavy atom. The van der Waals surface area contributed by atoms with E-state index in [0.717, 1.165) is 25.9 Å². The van der Waals surface area contributed by atoms with E-state index in [1.165, 1.54) is 16.8 Å². The normalized spacial score (nSPS) is 13.3. The van der Waals surface area contributed by atoms with Crippen LogP contribution < -0.4 is 10.2 Å². The molecule has 2 heterocycles. The fourth-order valence-corrected chi connectivity index (χ4v) is 2.87. The molecule has 2 aromatic rings. The minimum atomic E-state index is -0.0301. The number of hydrogen-bond donors (Lipinski definition) is 2. The van der Waals surface area contributed by atoms with Gasteiger partial charge in [-0.3, -0.25) is 4.79 Å². The fraction of sp³-hybridized carbons (Fsp3) is 0.353. The van der Waals surface area contributed by atoms with Crippen molar-refractivity contribution in [3.63, 3.8) is 0 Å². The van der Waals surface area contributed by atoms with E-state index in [9.17, 15) is 4.79 Å². The van der Waals surface area contributed by atoms with E-state index in [-0.39, 0.29) is 5.91 Å². The molecule has 1 aliphatic rings. The SMILES string of the molecule is Cc1ccc2c(c1)CCN2CCCNC(=O)c1ccc[nH]1. The number of aromatic nitrogens is 1. The number of carbonyl (C=O) groups excluding carboxylic acids is 1. The van der Waals surface area contributed by atoms with Crippen LogP contribution in [0.5, 0.6) is 0 Å². The standard InChI is InChI=1S/C17H21N3O/c1-13-5-6-16-14(12-13)7-11-20(16)10-3-9-19-17(21)15-4-2-8-18-15/h2,4-6,8,12,18H,3,7,9-11H2,1H3,(H,19,21). The predicted octanol–water partition coefficient (Wildman–Crippen LogP) is 2.51. The first-order valence-electron chi connectivity index (χ1n) is 7.50. The Kier molecular flexibility index (Phi) is 3.95. The molecular formula is C17H21N3O. The molecular weight excluding hydrogens is 262 g/mol. The molecule has 0 saturated heterocycles. The maximum atomic E-state index is 11.8. The van der Waals surface area contributed by atoms with Gasteiger partial charge in [0.2, 0.25) is 0 Å². The third-order valence-corrected chi connectivity index (χ3v) is 3.96. The van der Waals surface area contributed by atoms with E-state index in [2.05, 4.69) is 40.3 Å². The van der Waals surface area contributed by atoms with E-state index in [1.54, 1.807) is 12.3 Å². The van der Waals surface area contributed by atoms with E-state index in [1.807, 2.05) is 6.07 Å². The van der Waals surface area contributed by atoms with Gasteiger partial charge in [-0.05, 0) is 43.5 Å². The summed E-state index contributed by atoms with van der Waals surface area (Å²) in [6.45, 7) is 4.92. The maximum Gasteiger partial charge on any atom is 0.267 e. The average molecular weight is 283 g/mol. The van der Waals surface area contributed by atoms with Crippen LogP contribution >= 0.6 is 0 Å². The van der Waals surface area contributed by atoms with Gasteiger partial charge in [0, 0.05) is 31.5 Å². The number of aryl methyl sites for hydroxylation is 1. The first kappa shape index (κ1) is 13.7. The van der Waals surface area contributed by atoms with E-state index >= 15 is 0 Å². The molecule has 110 valence electrons. The highest BCUT2D eigenvalue weighted by molar-refractivity contribution is 5.92. The smallest absolute Gasteiger partial charge is 0.267 e. The number of carbonyl (C=O) groups is 1. The van der Waals surface area contributed by atoms with Crippen molar-refractivity contribution in [2.75, 3.05) is 24.5 Å². The topological polar surface area (TPSA) is 48.1 Å². The summed E-state index contributed by atoms with van der Waals surface area (Å²) in [6.07, 6.45) is 3.85. The molecule has 1 aliphatic heterocycles. The number of benzene rings is 1. The Morgan fingerprint density at radius 1 is 1.38 bits per heavy atom. The Hall–Kier alpha value is -2.23. The molecule has 0 unspecified atom stereocenters. The number of H-pyrrole nitrogens is 1. The van der Waals surface area contributed by atoms with Gasteiger partial charge in [-0.1, -0.05) is 17.7 Å². The van der Waals surface area contributed by atoms with Gasteiger partial charge in [0.05, 0.1) is 0 Å². The summed E-state index contributed by atoms with van der Waals surface area (Å²) in [5, 5.41) is 2.95. The zero-order valence-corrected chi connectivity index (χ0v) is 12.4. The summed E-state index contributed by atoms with van der Waals surface area (Å²) in [7, 11) is 0. The minimum Gasteiger partial charge on any atom is -0.371 e. The number of anilines is 1. The molecule has 1 aromatic carbocycles. The molecule has 0 atom stereocenters. The monoisotopic (exact) mass is 283 g/mol. The van der Waals surface area contributed by atoms with Crippen molar-refractivity contribution in [1.29, 1.82) is 0 Å². The summed E-state index contributed by atoms with van der Waals surface area (Å²) >= 11 is 0. The van der Waals surface area contributed by atoms with Gasteiger partial charge in [0.15, 0.2) is 0 Å². The molecule has 1 amide bonds. The van der Waals surface area contributed by atoms with Crippen molar-refractivity contribution in [2.45, 2.75) is 19.8 Å². The van der Waals surface area contributed by atoms with Gasteiger partial charge in [0.1, 0.15) is 5.69 Å². The van der Waals surface area contributed by atoms with Crippen molar-refractivity contribution in [2.24, 2.45) is 0 Å². The molecule has 1 aromatic heterocycles. The van der Waals surface area contributed by atoms with Crippen LogP contribution in [0.3, 0.4) is 0 Å². The summed E-state index contributed by atoms with van der Waals surface area (Å²) in [6, 6.07) is 10.3. The van der Waals surface area contributed by atoms with Crippen LogP contribution in [-0.4, -0.2) is 30.5 Å². The lowest BCUT2D eigenvalue weighted by molar-refractivity contribution is 0.0949. The molecule has 3 rings (SSSR count). The van der Waals surface area contributed by atoms with Gasteiger partial charge in [-0.15, -0.1) is 0 Å². The Morgan fingerprint density at radius 3 is 3.10 bits per heavy atom. The number of fused-ring (bicyclic) bond motifs is 1. The number of amides is 1. The lowest BCUT2D eigenvalue weighted by atomic mass is 10.1. The van der Waals surface area contributed by atoms with Crippen LogP contribution in [0.4, 0.5) is 5.69 Å². The van der Waals surface area contributed by atoms with Gasteiger partial charge in [-0.25, -0.2) is 0 Å². The lowest BCUT2D eigenvalue weighted by Gasteiger charge is -2.19. The van der Waals surface area contributed by atoms with Gasteiger partial charge >= 0.3 is 0 Å². The predicted molar refractivity (Wildman–Crippen MR) is 84.8 cm³/mol. The van der Waals surface area contributed by atoms with E-state index in [4.69, 9.17) is 0 Å². The molecule has 0 aliphatic carbocycles. The molecule has 4 heteroatoms. The summed E-state index contributed by atoms with van der Waals surface area (Å²) in [4.78, 5) is 17.1. The zero-order valence-electron chi connectivity index (χ0n) is 12.4. The second-order valence-electron chi connectivity index (χ2n) is 5.56. The van der Waals surface area contributed by atoms with Crippen molar-refractivity contribution < 1.29 is 4.79 Å². The average Bonchev–Trinajstić information content (AvgIpc) is 3.13. The van der Waals surface area contributed by atoms with Crippen molar-refractivity contribution in [1.82, 2.24) is 10.3 Å². The first-order valence-corrected chi connectivity index (χ1v) is 7.50. The highest BCUT2D eigenvalue weighted by Crippen LogP contribution is 2.28. The second kappa shape index (κ2) is 6.04. The quantitative estimate of drug-likeness (QED) is 0.828. The van der Waals surface area contributed by atoms with E-state index < -0.39 is 0 Å². The molecule has 2 N–H and O–H groups in total. The molecule has 0 radical (unpaired) electrons. The van der Waals surface area contributed by atoms with Crippen LogP contribution in [0.25, 0.3) is 0 Å². The Bertz CT molecular complexity index is 619. The van der Waals surface area contributed by atoms with Gasteiger partial charge in [-0.2, -0.15) is 0 Å². The van der Waals surface area contributed by atoms with E-state index in [0.29, 0.717) is 12.2 Å². The number of hydrogen-bond acceptors (Lipinski definition) is 2. The number of nitrogens with zero attached hydrogens (tertiary/aromatic N) is 1. The highest BCUT2D eigenvalue weighted by Gasteiger charge is 2.18. The summed E-state index contributed by atoms with van der Waals surface area (Å²) in [5.74, 6) is -0.0301. The maximum absolute atomic E-state index is 11.8. The molecule has 0 saturated carbocycles. The number of rotatable bonds is 5. The highest BCUT2D eigenvalue weighted by atomic mass is 16.1. The largest absolute Gasteiger partial charge is 0.371 e. The Labute approximate surface area is 125 Å². The van der Waals surface area contributed by atoms with Crippen LogP contribution in [-0.2, 0) is 6.42 Å². The van der Waals surface area contributed by atoms with Crippen LogP contribution in [0.15, 0.2) is 36.5 Å². The van der Waals surface area contributed by atoms with Crippen LogP contribution in [0.1, 0.15) is 28.0 Å². The third kappa shape index (κ3) is 3.10. The number of nitrogens with one attached hydrogen (secondary N) is 2. The summed E-state index contributed by atoms with van der Waals surface area (Å²) < 4.78 is 0. The lowest BCUT2D eigenvalue weighted by Crippen LogP contribution is -2.29. The van der Waals surface area contributed by atoms with Crippen LogP contribution in [0, 0.1) is 6.92 Å². The molecule has 4 nitrogen and oxygen atoms in total. The van der Waals surface area contributed by atoms with Crippen molar-refractivity contribution in [3.8, 4) is 0 Å². The van der Waals surface area contributed by atoms with Crippen molar-refractivity contribution in [3.05, 3.63) is 53.3 Å². The number of aromatic amines is 1. The zero-order chi connectivity index (χ0) is 14.7. The Balaban J connectivity index is 1.46. The minimum absolute atomic E-state index is 0.0301. The van der Waals surface area contributed by atoms with Crippen LogP contribution in [0.2, 0.25) is 0 Å². The first-order chi connectivity index (χ1) is 10.2. The molecule has 21 heavy (non-hydrogen) atoms. The third-order valence-electron chi connectivity index (χ3n) is 3.96. The van der Waals surface area contributed by atoms with Gasteiger partial charge in [0.25, 0.3) is 5.91 Å². The fourth-order valence-electron chi connectivity index (χ4n) is 2.87. The van der Waals surface area contributed by atoms with Gasteiger partial charge < -0.3 is 15.2 Å². The molecule has 0 bridgehead atoms.